The Morgan fingerprint density at radius 1 is 1.20 bits per heavy atom. The fraction of sp³-hybridized carbons (Fsp3) is 0.190. The Morgan fingerprint density at radius 3 is 2.80 bits per heavy atom. The van der Waals surface area contributed by atoms with Crippen LogP contribution in [0.2, 0.25) is 0 Å². The number of anilines is 1. The maximum absolute atomic E-state index is 12.8. The highest BCUT2D eigenvalue weighted by Crippen LogP contribution is 2.17. The molecule has 0 saturated carbocycles. The van der Waals surface area contributed by atoms with Crippen molar-refractivity contribution in [1.29, 1.82) is 0 Å². The number of carbonyl (C=O) groups is 1. The molecular formula is C21H19N5O4. The predicted octanol–water partition coefficient (Wildman–Crippen LogP) is 2.58. The molecular weight excluding hydrogens is 386 g/mol. The highest BCUT2D eigenvalue weighted by molar-refractivity contribution is 6.05. The second-order valence-electron chi connectivity index (χ2n) is 6.83. The van der Waals surface area contributed by atoms with Crippen LogP contribution in [0.25, 0.3) is 16.9 Å². The van der Waals surface area contributed by atoms with Gasteiger partial charge in [-0.3, -0.25) is 14.6 Å². The van der Waals surface area contributed by atoms with E-state index in [1.807, 2.05) is 6.92 Å². The SMILES string of the molecule is CCCc1cc(=O)[nH]c(-n2nc(C)cc2NC(=O)c2cc3ccccc3oc2=O)n1. The summed E-state index contributed by atoms with van der Waals surface area (Å²) in [5.74, 6) is -0.204. The summed E-state index contributed by atoms with van der Waals surface area (Å²) in [5, 5.41) is 7.60. The van der Waals surface area contributed by atoms with Crippen LogP contribution in [-0.2, 0) is 6.42 Å². The highest BCUT2D eigenvalue weighted by atomic mass is 16.4. The van der Waals surface area contributed by atoms with Crippen LogP contribution in [0.1, 0.15) is 35.1 Å². The summed E-state index contributed by atoms with van der Waals surface area (Å²) in [5.41, 5.74) is 0.417. The van der Waals surface area contributed by atoms with Crippen LogP contribution in [0.4, 0.5) is 5.82 Å². The van der Waals surface area contributed by atoms with Crippen LogP contribution < -0.4 is 16.5 Å². The van der Waals surface area contributed by atoms with Crippen LogP contribution in [0.15, 0.2) is 56.5 Å². The van der Waals surface area contributed by atoms with Gasteiger partial charge in [-0.25, -0.2) is 9.78 Å². The predicted molar refractivity (Wildman–Crippen MR) is 111 cm³/mol. The van der Waals surface area contributed by atoms with Gasteiger partial charge in [0.2, 0.25) is 5.95 Å². The second kappa shape index (κ2) is 7.78. The van der Waals surface area contributed by atoms with Gasteiger partial charge >= 0.3 is 5.63 Å². The summed E-state index contributed by atoms with van der Waals surface area (Å²) < 4.78 is 6.56. The van der Waals surface area contributed by atoms with Gasteiger partial charge < -0.3 is 9.73 Å². The third-order valence-corrected chi connectivity index (χ3v) is 4.45. The van der Waals surface area contributed by atoms with Crippen molar-refractivity contribution in [3.63, 3.8) is 0 Å². The Bertz CT molecular complexity index is 1370. The Kier molecular flexibility index (Phi) is 5.01. The molecule has 0 aliphatic rings. The molecule has 9 heteroatoms. The lowest BCUT2D eigenvalue weighted by Gasteiger charge is -2.09. The van der Waals surface area contributed by atoms with E-state index >= 15 is 0 Å². The number of fused-ring (bicyclic) bond motifs is 1. The van der Waals surface area contributed by atoms with E-state index in [0.29, 0.717) is 28.8 Å². The molecule has 0 radical (unpaired) electrons. The number of aryl methyl sites for hydroxylation is 2. The fourth-order valence-electron chi connectivity index (χ4n) is 3.13. The average Bonchev–Trinajstić information content (AvgIpc) is 3.07. The van der Waals surface area contributed by atoms with Crippen molar-refractivity contribution in [3.05, 3.63) is 80.2 Å². The van der Waals surface area contributed by atoms with E-state index in [-0.39, 0.29) is 22.9 Å². The van der Waals surface area contributed by atoms with E-state index in [1.165, 1.54) is 16.8 Å². The zero-order chi connectivity index (χ0) is 21.3. The van der Waals surface area contributed by atoms with Crippen molar-refractivity contribution in [3.8, 4) is 5.95 Å². The molecule has 4 rings (SSSR count). The molecule has 30 heavy (non-hydrogen) atoms. The molecule has 0 aliphatic carbocycles. The van der Waals surface area contributed by atoms with Crippen LogP contribution in [0.5, 0.6) is 0 Å². The molecule has 0 spiro atoms. The number of amides is 1. The number of H-pyrrole nitrogens is 1. The summed E-state index contributed by atoms with van der Waals surface area (Å²) in [6.45, 7) is 3.73. The van der Waals surface area contributed by atoms with Crippen molar-refractivity contribution in [2.24, 2.45) is 0 Å². The molecule has 0 atom stereocenters. The molecule has 3 aromatic heterocycles. The molecule has 2 N–H and O–H groups in total. The molecule has 0 fully saturated rings. The van der Waals surface area contributed by atoms with Crippen LogP contribution in [0.3, 0.4) is 0 Å². The zero-order valence-corrected chi connectivity index (χ0v) is 16.4. The number of carbonyl (C=O) groups excluding carboxylic acids is 1. The maximum Gasteiger partial charge on any atom is 0.349 e. The number of para-hydroxylation sites is 1. The molecule has 1 aromatic carbocycles. The Morgan fingerprint density at radius 2 is 2.00 bits per heavy atom. The van der Waals surface area contributed by atoms with E-state index in [0.717, 1.165) is 6.42 Å². The van der Waals surface area contributed by atoms with Crippen molar-refractivity contribution >= 4 is 22.7 Å². The zero-order valence-electron chi connectivity index (χ0n) is 16.4. The summed E-state index contributed by atoms with van der Waals surface area (Å²) in [6.07, 6.45) is 1.46. The minimum atomic E-state index is -0.745. The van der Waals surface area contributed by atoms with Crippen LogP contribution in [-0.4, -0.2) is 25.7 Å². The number of nitrogens with one attached hydrogen (secondary N) is 2. The van der Waals surface area contributed by atoms with Gasteiger partial charge in [-0.2, -0.15) is 9.78 Å². The topological polar surface area (TPSA) is 123 Å². The Hall–Kier alpha value is -4.01. The number of rotatable bonds is 5. The molecule has 1 amide bonds. The lowest BCUT2D eigenvalue weighted by molar-refractivity contribution is 0.102. The standard InChI is InChI=1S/C21H19N5O4/c1-3-6-14-11-18(27)24-21(22-14)26-17(9-12(2)25-26)23-19(28)15-10-13-7-4-5-8-16(13)30-20(15)29/h4-5,7-11H,3,6H2,1-2H3,(H,23,28)(H,22,24,27). The summed E-state index contributed by atoms with van der Waals surface area (Å²) in [6, 6.07) is 11.5. The van der Waals surface area contributed by atoms with Gasteiger partial charge in [-0.05, 0) is 25.5 Å². The second-order valence-corrected chi connectivity index (χ2v) is 6.83. The van der Waals surface area contributed by atoms with Gasteiger partial charge in [0.05, 0.1) is 5.69 Å². The van der Waals surface area contributed by atoms with Gasteiger partial charge in [0.1, 0.15) is 17.0 Å². The third kappa shape index (κ3) is 3.77. The largest absolute Gasteiger partial charge is 0.422 e. The van der Waals surface area contributed by atoms with E-state index < -0.39 is 11.5 Å². The first-order valence-corrected chi connectivity index (χ1v) is 9.46. The fourth-order valence-corrected chi connectivity index (χ4v) is 3.13. The summed E-state index contributed by atoms with van der Waals surface area (Å²) >= 11 is 0. The summed E-state index contributed by atoms with van der Waals surface area (Å²) in [7, 11) is 0. The van der Waals surface area contributed by atoms with Crippen molar-refractivity contribution in [2.45, 2.75) is 26.7 Å². The Labute approximate surface area is 170 Å². The van der Waals surface area contributed by atoms with Gasteiger partial charge in [0, 0.05) is 23.2 Å². The maximum atomic E-state index is 12.8. The molecule has 0 saturated heterocycles. The quantitative estimate of drug-likeness (QED) is 0.492. The van der Waals surface area contributed by atoms with Gasteiger partial charge in [-0.1, -0.05) is 31.5 Å². The minimum absolute atomic E-state index is 0.139. The molecule has 0 bridgehead atoms. The first-order valence-electron chi connectivity index (χ1n) is 9.46. The molecule has 4 aromatic rings. The highest BCUT2D eigenvalue weighted by Gasteiger charge is 2.18. The van der Waals surface area contributed by atoms with Gasteiger partial charge in [0.15, 0.2) is 0 Å². The number of aromatic amines is 1. The molecule has 0 unspecified atom stereocenters. The van der Waals surface area contributed by atoms with Crippen LogP contribution in [0, 0.1) is 6.92 Å². The first kappa shape index (κ1) is 19.3. The number of hydrogen-bond donors (Lipinski definition) is 2. The van der Waals surface area contributed by atoms with Crippen molar-refractivity contribution in [1.82, 2.24) is 19.7 Å². The smallest absolute Gasteiger partial charge is 0.349 e. The number of hydrogen-bond acceptors (Lipinski definition) is 6. The van der Waals surface area contributed by atoms with Crippen LogP contribution >= 0.6 is 0 Å². The van der Waals surface area contributed by atoms with E-state index in [9.17, 15) is 14.4 Å². The van der Waals surface area contributed by atoms with E-state index in [2.05, 4.69) is 20.4 Å². The van der Waals surface area contributed by atoms with E-state index in [4.69, 9.17) is 4.42 Å². The number of nitrogens with zero attached hydrogens (tertiary/aromatic N) is 3. The average molecular weight is 405 g/mol. The number of benzene rings is 1. The van der Waals surface area contributed by atoms with Crippen molar-refractivity contribution < 1.29 is 9.21 Å². The van der Waals surface area contributed by atoms with Gasteiger partial charge in [0.25, 0.3) is 11.5 Å². The van der Waals surface area contributed by atoms with E-state index in [1.54, 1.807) is 37.3 Å². The minimum Gasteiger partial charge on any atom is -0.422 e. The monoisotopic (exact) mass is 405 g/mol. The third-order valence-electron chi connectivity index (χ3n) is 4.45. The first-order chi connectivity index (χ1) is 14.4. The molecule has 0 aliphatic heterocycles. The lowest BCUT2D eigenvalue weighted by atomic mass is 10.2. The molecule has 9 nitrogen and oxygen atoms in total. The summed E-state index contributed by atoms with van der Waals surface area (Å²) in [4.78, 5) is 44.1. The molecule has 152 valence electrons. The molecule has 3 heterocycles. The normalized spacial score (nSPS) is 11.0. The van der Waals surface area contributed by atoms with Gasteiger partial charge in [-0.15, -0.1) is 0 Å². The number of aromatic nitrogens is 4. The lowest BCUT2D eigenvalue weighted by Crippen LogP contribution is -2.23. The Balaban J connectivity index is 1.72. The van der Waals surface area contributed by atoms with Crippen molar-refractivity contribution in [2.75, 3.05) is 5.32 Å².